The Morgan fingerprint density at radius 2 is 1.69 bits per heavy atom. The number of carboxylic acids is 1. The zero-order valence-corrected chi connectivity index (χ0v) is 19.2. The summed E-state index contributed by atoms with van der Waals surface area (Å²) in [5.74, 6) is -2.37. The first kappa shape index (κ1) is 25.3. The highest BCUT2D eigenvalue weighted by Crippen LogP contribution is 2.27. The van der Waals surface area contributed by atoms with E-state index in [0.29, 0.717) is 11.3 Å². The van der Waals surface area contributed by atoms with Crippen molar-refractivity contribution < 1.29 is 24.2 Å². The number of anilines is 1. The van der Waals surface area contributed by atoms with Gasteiger partial charge < -0.3 is 26.2 Å². The molecule has 0 aliphatic heterocycles. The molecule has 0 aliphatic rings. The molecule has 0 aromatic heterocycles. The fourth-order valence-electron chi connectivity index (χ4n) is 3.22. The number of guanidine groups is 1. The molecule has 1 atom stereocenters. The summed E-state index contributed by atoms with van der Waals surface area (Å²) in [7, 11) is 0. The third-order valence-corrected chi connectivity index (χ3v) is 5.17. The Hall–Kier alpha value is -4.37. The van der Waals surface area contributed by atoms with Crippen LogP contribution in [0.4, 0.5) is 5.69 Å². The number of rotatable bonds is 9. The second kappa shape index (κ2) is 11.7. The van der Waals surface area contributed by atoms with Crippen LogP contribution in [-0.2, 0) is 22.4 Å². The molecular formula is C25H23ClN4O5. The molecule has 0 aliphatic carbocycles. The Kier molecular flexibility index (Phi) is 8.42. The third kappa shape index (κ3) is 7.58. The largest absolute Gasteiger partial charge is 0.480 e. The molecule has 6 N–H and O–H groups in total. The van der Waals surface area contributed by atoms with Gasteiger partial charge in [0.2, 0.25) is 5.91 Å². The molecule has 1 amide bonds. The molecule has 0 unspecified atom stereocenters. The summed E-state index contributed by atoms with van der Waals surface area (Å²) < 4.78 is 5.34. The van der Waals surface area contributed by atoms with Gasteiger partial charge in [-0.15, -0.1) is 0 Å². The lowest BCUT2D eigenvalue weighted by Gasteiger charge is -2.15. The van der Waals surface area contributed by atoms with E-state index >= 15 is 0 Å². The molecule has 9 nitrogen and oxygen atoms in total. The number of carboxylic acid groups (broad SMARTS) is 1. The molecule has 3 aromatic rings. The highest BCUT2D eigenvalue weighted by molar-refractivity contribution is 6.32. The van der Waals surface area contributed by atoms with Crippen molar-refractivity contribution in [1.29, 1.82) is 5.41 Å². The Morgan fingerprint density at radius 1 is 1.00 bits per heavy atom. The number of nitrogens with two attached hydrogens (primary N) is 1. The molecule has 35 heavy (non-hydrogen) atoms. The van der Waals surface area contributed by atoms with Gasteiger partial charge in [-0.25, -0.2) is 9.59 Å². The Bertz CT molecular complexity index is 1230. The predicted molar refractivity (Wildman–Crippen MR) is 132 cm³/mol. The van der Waals surface area contributed by atoms with E-state index in [4.69, 9.17) is 27.5 Å². The van der Waals surface area contributed by atoms with E-state index in [0.717, 1.165) is 5.56 Å². The van der Waals surface area contributed by atoms with Gasteiger partial charge in [-0.05, 0) is 47.5 Å². The van der Waals surface area contributed by atoms with Crippen LogP contribution in [0.25, 0.3) is 0 Å². The number of carbonyl (C=O) groups is 3. The SMILES string of the molecule is N=C(N)Nc1ccc(C(=O)Oc2ccc(CC(=O)N[C@@H](Cc3ccccc3)C(=O)O)cc2Cl)cc1. The van der Waals surface area contributed by atoms with Gasteiger partial charge in [0.25, 0.3) is 0 Å². The first-order valence-corrected chi connectivity index (χ1v) is 10.9. The van der Waals surface area contributed by atoms with Crippen LogP contribution < -0.4 is 21.1 Å². The first-order chi connectivity index (χ1) is 16.7. The molecular weight excluding hydrogens is 472 g/mol. The highest BCUT2D eigenvalue weighted by Gasteiger charge is 2.21. The predicted octanol–water partition coefficient (Wildman–Crippen LogP) is 3.22. The summed E-state index contributed by atoms with van der Waals surface area (Å²) in [6, 6.07) is 18.6. The van der Waals surface area contributed by atoms with Crippen molar-refractivity contribution in [3.05, 3.63) is 94.5 Å². The van der Waals surface area contributed by atoms with Crippen LogP contribution in [0.15, 0.2) is 72.8 Å². The Morgan fingerprint density at radius 3 is 2.29 bits per heavy atom. The monoisotopic (exact) mass is 494 g/mol. The molecule has 0 radical (unpaired) electrons. The lowest BCUT2D eigenvalue weighted by molar-refractivity contribution is -0.141. The lowest BCUT2D eigenvalue weighted by Crippen LogP contribution is -2.43. The second-order valence-corrected chi connectivity index (χ2v) is 8.00. The fourth-order valence-corrected chi connectivity index (χ4v) is 3.46. The molecule has 3 aromatic carbocycles. The van der Waals surface area contributed by atoms with E-state index in [1.165, 1.54) is 24.3 Å². The summed E-state index contributed by atoms with van der Waals surface area (Å²) in [5.41, 5.74) is 7.39. The number of halogens is 1. The van der Waals surface area contributed by atoms with Gasteiger partial charge >= 0.3 is 11.9 Å². The maximum atomic E-state index is 12.4. The van der Waals surface area contributed by atoms with Crippen LogP contribution in [-0.4, -0.2) is 35.0 Å². The van der Waals surface area contributed by atoms with E-state index in [-0.39, 0.29) is 35.1 Å². The van der Waals surface area contributed by atoms with E-state index < -0.39 is 23.9 Å². The van der Waals surface area contributed by atoms with Gasteiger partial charge in [-0.3, -0.25) is 10.2 Å². The number of aliphatic carboxylic acids is 1. The second-order valence-electron chi connectivity index (χ2n) is 7.60. The van der Waals surface area contributed by atoms with E-state index in [2.05, 4.69) is 10.6 Å². The minimum atomic E-state index is -1.13. The van der Waals surface area contributed by atoms with Crippen LogP contribution in [0.1, 0.15) is 21.5 Å². The van der Waals surface area contributed by atoms with Crippen molar-refractivity contribution in [3.8, 4) is 5.75 Å². The fraction of sp³-hybridized carbons (Fsp3) is 0.120. The topological polar surface area (TPSA) is 155 Å². The molecule has 0 spiro atoms. The molecule has 0 heterocycles. The first-order valence-electron chi connectivity index (χ1n) is 10.5. The number of carbonyl (C=O) groups excluding carboxylic acids is 2. The standard InChI is InChI=1S/C25H23ClN4O5/c26-19-12-16(14-22(31)30-20(23(32)33)13-15-4-2-1-3-5-15)6-11-21(19)35-24(34)17-7-9-18(10-8-17)29-25(27)28/h1-12,20H,13-14H2,(H,30,31)(H,32,33)(H4,27,28,29)/t20-/m0/s1. The summed E-state index contributed by atoms with van der Waals surface area (Å²) in [6.45, 7) is 0. The molecule has 180 valence electrons. The maximum Gasteiger partial charge on any atom is 0.343 e. The lowest BCUT2D eigenvalue weighted by atomic mass is 10.1. The summed E-state index contributed by atoms with van der Waals surface area (Å²) in [6.07, 6.45) is 0.0560. The number of amides is 1. The number of nitrogens with one attached hydrogen (secondary N) is 3. The van der Waals surface area contributed by atoms with Crippen LogP contribution >= 0.6 is 11.6 Å². The minimum absolute atomic E-state index is 0.100. The van der Waals surface area contributed by atoms with Crippen molar-refractivity contribution in [2.24, 2.45) is 5.73 Å². The summed E-state index contributed by atoms with van der Waals surface area (Å²) >= 11 is 6.24. The number of hydrogen-bond acceptors (Lipinski definition) is 5. The number of esters is 1. The van der Waals surface area contributed by atoms with Crippen molar-refractivity contribution in [1.82, 2.24) is 5.32 Å². The van der Waals surface area contributed by atoms with Gasteiger partial charge in [0, 0.05) is 12.1 Å². The molecule has 0 bridgehead atoms. The Labute approximate surface area is 206 Å². The van der Waals surface area contributed by atoms with Gasteiger partial charge in [-0.1, -0.05) is 48.0 Å². The molecule has 0 saturated carbocycles. The van der Waals surface area contributed by atoms with E-state index in [1.807, 2.05) is 6.07 Å². The third-order valence-electron chi connectivity index (χ3n) is 4.88. The van der Waals surface area contributed by atoms with Gasteiger partial charge in [0.1, 0.15) is 11.8 Å². The van der Waals surface area contributed by atoms with Gasteiger partial charge in [-0.2, -0.15) is 0 Å². The summed E-state index contributed by atoms with van der Waals surface area (Å²) in [5, 5.41) is 21.9. The molecule has 0 fully saturated rings. The van der Waals surface area contributed by atoms with Crippen molar-refractivity contribution in [3.63, 3.8) is 0 Å². The number of ether oxygens (including phenoxy) is 1. The molecule has 0 saturated heterocycles. The van der Waals surface area contributed by atoms with Crippen molar-refractivity contribution in [2.75, 3.05) is 5.32 Å². The number of hydrogen-bond donors (Lipinski definition) is 5. The smallest absolute Gasteiger partial charge is 0.343 e. The Balaban J connectivity index is 1.59. The number of benzene rings is 3. The van der Waals surface area contributed by atoms with Crippen LogP contribution in [0.3, 0.4) is 0 Å². The van der Waals surface area contributed by atoms with Crippen molar-refractivity contribution in [2.45, 2.75) is 18.9 Å². The zero-order valence-electron chi connectivity index (χ0n) is 18.5. The average Bonchev–Trinajstić information content (AvgIpc) is 2.81. The van der Waals surface area contributed by atoms with Gasteiger partial charge in [0.15, 0.2) is 5.96 Å². The quantitative estimate of drug-likeness (QED) is 0.132. The normalized spacial score (nSPS) is 11.2. The van der Waals surface area contributed by atoms with Crippen molar-refractivity contribution >= 4 is 41.1 Å². The highest BCUT2D eigenvalue weighted by atomic mass is 35.5. The van der Waals surface area contributed by atoms with Crippen LogP contribution in [0, 0.1) is 5.41 Å². The maximum absolute atomic E-state index is 12.4. The average molecular weight is 495 g/mol. The minimum Gasteiger partial charge on any atom is -0.480 e. The zero-order chi connectivity index (χ0) is 25.4. The van der Waals surface area contributed by atoms with Crippen LogP contribution in [0.2, 0.25) is 5.02 Å². The van der Waals surface area contributed by atoms with E-state index in [1.54, 1.807) is 42.5 Å². The van der Waals surface area contributed by atoms with Gasteiger partial charge in [0.05, 0.1) is 17.0 Å². The molecule has 10 heteroatoms. The van der Waals surface area contributed by atoms with Crippen LogP contribution in [0.5, 0.6) is 5.75 Å². The molecule has 3 rings (SSSR count). The summed E-state index contributed by atoms with van der Waals surface area (Å²) in [4.78, 5) is 36.4. The van der Waals surface area contributed by atoms with E-state index in [9.17, 15) is 19.5 Å².